The zero-order valence-electron chi connectivity index (χ0n) is 19.5. The van der Waals surface area contributed by atoms with Crippen LogP contribution in [0.15, 0.2) is 78.5 Å². The fourth-order valence-electron chi connectivity index (χ4n) is 4.72. The molecule has 5 rings (SSSR count). The van der Waals surface area contributed by atoms with Crippen molar-refractivity contribution in [1.82, 2.24) is 14.3 Å². The molecule has 0 bridgehead atoms. The fraction of sp³-hybridized carbons (Fsp3) is 0.179. The number of hydrogen-bond acceptors (Lipinski definition) is 5. The van der Waals surface area contributed by atoms with Gasteiger partial charge < -0.3 is 19.5 Å². The maximum absolute atomic E-state index is 13.3. The predicted octanol–water partition coefficient (Wildman–Crippen LogP) is 4.32. The van der Waals surface area contributed by atoms with Crippen LogP contribution in [0.25, 0.3) is 11.4 Å². The quantitative estimate of drug-likeness (QED) is 0.259. The average molecular weight is 468 g/mol. The second-order valence-corrected chi connectivity index (χ2v) is 8.75. The van der Waals surface area contributed by atoms with Crippen LogP contribution in [0.4, 0.5) is 0 Å². The van der Waals surface area contributed by atoms with Gasteiger partial charge in [-0.15, -0.1) is 0 Å². The van der Waals surface area contributed by atoms with E-state index in [2.05, 4.69) is 4.98 Å². The Morgan fingerprint density at radius 1 is 1.00 bits per heavy atom. The number of hydrogen-bond donors (Lipinski definition) is 2. The Balaban J connectivity index is 1.65. The molecule has 1 fully saturated rings. The van der Waals surface area contributed by atoms with Gasteiger partial charge >= 0.3 is 0 Å². The number of aliphatic hydroxyl groups excluding tert-OH is 1. The first-order valence-corrected chi connectivity index (χ1v) is 11.4. The van der Waals surface area contributed by atoms with Gasteiger partial charge in [-0.3, -0.25) is 9.59 Å². The number of phenols is 1. The molecule has 1 unspecified atom stereocenters. The van der Waals surface area contributed by atoms with E-state index in [4.69, 9.17) is 0 Å². The number of pyridine rings is 1. The number of Topliss-reactive ketones (excluding diaryl/α,β-unsaturated/α-hetero) is 1. The van der Waals surface area contributed by atoms with Crippen LogP contribution in [0, 0.1) is 13.8 Å². The summed E-state index contributed by atoms with van der Waals surface area (Å²) in [6.45, 7) is 4.00. The first-order chi connectivity index (χ1) is 16.9. The molecule has 2 aromatic carbocycles. The highest BCUT2D eigenvalue weighted by molar-refractivity contribution is 6.46. The van der Waals surface area contributed by atoms with E-state index in [0.717, 1.165) is 11.1 Å². The van der Waals surface area contributed by atoms with Crippen LogP contribution in [0.2, 0.25) is 0 Å². The van der Waals surface area contributed by atoms with Crippen LogP contribution in [0.3, 0.4) is 0 Å². The van der Waals surface area contributed by atoms with Gasteiger partial charge in [0, 0.05) is 12.7 Å². The molecule has 0 radical (unpaired) electrons. The van der Waals surface area contributed by atoms with Crippen molar-refractivity contribution in [3.8, 4) is 5.75 Å². The molecule has 0 spiro atoms. The molecule has 4 aromatic rings. The molecule has 176 valence electrons. The van der Waals surface area contributed by atoms with Crippen molar-refractivity contribution < 1.29 is 19.8 Å². The van der Waals surface area contributed by atoms with Gasteiger partial charge in [0.2, 0.25) is 0 Å². The topological polar surface area (TPSA) is 95.1 Å². The molecule has 2 N–H and O–H groups in total. The number of fused-ring (bicyclic) bond motifs is 1. The number of aliphatic hydroxyl groups is 1. The second kappa shape index (κ2) is 8.76. The number of aryl methyl sites for hydroxylation is 2. The van der Waals surface area contributed by atoms with Gasteiger partial charge in [0.1, 0.15) is 17.1 Å². The van der Waals surface area contributed by atoms with Crippen molar-refractivity contribution >= 4 is 23.1 Å². The van der Waals surface area contributed by atoms with E-state index < -0.39 is 17.7 Å². The van der Waals surface area contributed by atoms with Gasteiger partial charge in [-0.05, 0) is 55.2 Å². The smallest absolute Gasteiger partial charge is 0.295 e. The zero-order chi connectivity index (χ0) is 24.7. The standard InChI is InChI=1S/C28H25N3O4/c1-17-8-7-14-30-18(2)23(29-27(17)30)25(33)22-24(20-11-6-12-21(32)16-20)31(28(35)26(22)34)15-13-19-9-4-3-5-10-19/h3-12,14,16,24,32-33H,13,15H2,1-2H3. The molecule has 0 saturated carbocycles. The van der Waals surface area contributed by atoms with E-state index in [9.17, 15) is 19.8 Å². The molecule has 3 heterocycles. The molecule has 1 saturated heterocycles. The molecule has 2 aromatic heterocycles. The van der Waals surface area contributed by atoms with Gasteiger partial charge in [0.25, 0.3) is 11.7 Å². The Morgan fingerprint density at radius 2 is 1.77 bits per heavy atom. The number of phenolic OH excluding ortho intramolecular Hbond substituents is 1. The van der Waals surface area contributed by atoms with Crippen molar-refractivity contribution in [2.24, 2.45) is 0 Å². The Bertz CT molecular complexity index is 1490. The van der Waals surface area contributed by atoms with E-state index in [1.807, 2.05) is 66.9 Å². The number of aromatic nitrogens is 2. The van der Waals surface area contributed by atoms with Crippen molar-refractivity contribution in [1.29, 1.82) is 0 Å². The summed E-state index contributed by atoms with van der Waals surface area (Å²) >= 11 is 0. The van der Waals surface area contributed by atoms with Crippen molar-refractivity contribution in [2.45, 2.75) is 26.3 Å². The van der Waals surface area contributed by atoms with E-state index in [1.165, 1.54) is 17.0 Å². The number of amides is 1. The van der Waals surface area contributed by atoms with Gasteiger partial charge in [-0.1, -0.05) is 48.5 Å². The van der Waals surface area contributed by atoms with Gasteiger partial charge in [0.15, 0.2) is 5.76 Å². The minimum Gasteiger partial charge on any atom is -0.508 e. The Morgan fingerprint density at radius 3 is 2.49 bits per heavy atom. The lowest BCUT2D eigenvalue weighted by molar-refractivity contribution is -0.139. The Hall–Kier alpha value is -4.39. The maximum atomic E-state index is 13.3. The number of rotatable bonds is 5. The van der Waals surface area contributed by atoms with Crippen LogP contribution in [-0.4, -0.2) is 42.7 Å². The fourth-order valence-corrected chi connectivity index (χ4v) is 4.72. The lowest BCUT2D eigenvalue weighted by Crippen LogP contribution is -2.31. The van der Waals surface area contributed by atoms with Gasteiger partial charge in [0.05, 0.1) is 17.3 Å². The van der Waals surface area contributed by atoms with Crippen molar-refractivity contribution in [2.75, 3.05) is 6.54 Å². The summed E-state index contributed by atoms with van der Waals surface area (Å²) in [5.41, 5.74) is 4.03. The number of ketones is 1. The normalized spacial score (nSPS) is 17.4. The molecule has 1 amide bonds. The van der Waals surface area contributed by atoms with Crippen LogP contribution < -0.4 is 0 Å². The van der Waals surface area contributed by atoms with Crippen LogP contribution in [0.1, 0.15) is 34.1 Å². The van der Waals surface area contributed by atoms with Gasteiger partial charge in [-0.2, -0.15) is 0 Å². The third-order valence-electron chi connectivity index (χ3n) is 6.52. The molecule has 1 aliphatic heterocycles. The minimum atomic E-state index is -0.851. The minimum absolute atomic E-state index is 0.00989. The Kier molecular flexibility index (Phi) is 5.61. The molecule has 0 aliphatic carbocycles. The van der Waals surface area contributed by atoms with E-state index in [-0.39, 0.29) is 29.3 Å². The maximum Gasteiger partial charge on any atom is 0.295 e. The number of imidazole rings is 1. The molecular weight excluding hydrogens is 442 g/mol. The van der Waals surface area contributed by atoms with Crippen LogP contribution >= 0.6 is 0 Å². The van der Waals surface area contributed by atoms with Gasteiger partial charge in [-0.25, -0.2) is 4.98 Å². The SMILES string of the molecule is Cc1cccn2c(C)c(C(O)=C3C(=O)C(=O)N(CCc4ccccc4)C3c3cccc(O)c3)nc12. The highest BCUT2D eigenvalue weighted by atomic mass is 16.3. The summed E-state index contributed by atoms with van der Waals surface area (Å²) in [6.07, 6.45) is 2.38. The molecule has 35 heavy (non-hydrogen) atoms. The molecular formula is C28H25N3O4. The lowest BCUT2D eigenvalue weighted by atomic mass is 9.96. The molecule has 1 aliphatic rings. The summed E-state index contributed by atoms with van der Waals surface area (Å²) in [6, 6.07) is 19.1. The molecule has 7 nitrogen and oxygen atoms in total. The summed E-state index contributed by atoms with van der Waals surface area (Å²) in [7, 11) is 0. The van der Waals surface area contributed by atoms with E-state index in [1.54, 1.807) is 12.1 Å². The molecule has 7 heteroatoms. The molecule has 1 atom stereocenters. The average Bonchev–Trinajstić information content (AvgIpc) is 3.33. The van der Waals surface area contributed by atoms with E-state index >= 15 is 0 Å². The highest BCUT2D eigenvalue weighted by Gasteiger charge is 2.46. The monoisotopic (exact) mass is 467 g/mol. The summed E-state index contributed by atoms with van der Waals surface area (Å²) in [4.78, 5) is 32.6. The van der Waals surface area contributed by atoms with Crippen LogP contribution in [0.5, 0.6) is 5.75 Å². The van der Waals surface area contributed by atoms with Crippen LogP contribution in [-0.2, 0) is 16.0 Å². The Labute approximate surface area is 202 Å². The lowest BCUT2D eigenvalue weighted by Gasteiger charge is -2.25. The highest BCUT2D eigenvalue weighted by Crippen LogP contribution is 2.40. The largest absolute Gasteiger partial charge is 0.508 e. The second-order valence-electron chi connectivity index (χ2n) is 8.75. The zero-order valence-corrected chi connectivity index (χ0v) is 19.5. The van der Waals surface area contributed by atoms with Crippen molar-refractivity contribution in [3.63, 3.8) is 0 Å². The first kappa shape index (κ1) is 22.4. The number of likely N-dealkylation sites (tertiary alicyclic amines) is 1. The van der Waals surface area contributed by atoms with Crippen molar-refractivity contribution in [3.05, 3.63) is 107 Å². The summed E-state index contributed by atoms with van der Waals surface area (Å²) in [5.74, 6) is -1.76. The third-order valence-corrected chi connectivity index (χ3v) is 6.52. The van der Waals surface area contributed by atoms with E-state index in [0.29, 0.717) is 23.3 Å². The number of carbonyl (C=O) groups excluding carboxylic acids is 2. The predicted molar refractivity (Wildman–Crippen MR) is 132 cm³/mol. The third kappa shape index (κ3) is 3.85. The first-order valence-electron chi connectivity index (χ1n) is 11.4. The summed E-state index contributed by atoms with van der Waals surface area (Å²) in [5, 5.41) is 21.6. The number of benzene rings is 2. The number of aromatic hydroxyl groups is 1. The summed E-state index contributed by atoms with van der Waals surface area (Å²) < 4.78 is 1.85. The number of nitrogens with zero attached hydrogens (tertiary/aromatic N) is 3. The number of carbonyl (C=O) groups is 2.